The van der Waals surface area contributed by atoms with E-state index in [9.17, 15) is 0 Å². The molecule has 0 bridgehead atoms. The lowest BCUT2D eigenvalue weighted by Crippen LogP contribution is -1.91. The molecule has 0 N–H and O–H groups in total. The largest absolute Gasteiger partial charge is 0.564 e. The Morgan fingerprint density at radius 3 is 2.69 bits per heavy atom. The van der Waals surface area contributed by atoms with Crippen LogP contribution in [-0.2, 0) is 4.65 Å². The molecule has 1 nitrogen and oxygen atoms in total. The van der Waals surface area contributed by atoms with Crippen LogP contribution in [0.2, 0.25) is 6.82 Å². The Labute approximate surface area is 83.1 Å². The molecular formula is C11H20BO. The Bertz CT molecular complexity index is 161. The quantitative estimate of drug-likeness (QED) is 0.250. The van der Waals surface area contributed by atoms with Gasteiger partial charge in [0.15, 0.2) is 0 Å². The second kappa shape index (κ2) is 9.43. The molecule has 0 fully saturated rings. The van der Waals surface area contributed by atoms with E-state index in [0.29, 0.717) is 0 Å². The molecule has 1 radical (unpaired) electrons. The van der Waals surface area contributed by atoms with E-state index in [-0.39, 0.29) is 0 Å². The Kier molecular flexibility index (Phi) is 8.96. The van der Waals surface area contributed by atoms with Gasteiger partial charge in [0.25, 0.3) is 0 Å². The molecule has 0 aliphatic heterocycles. The molecule has 13 heavy (non-hydrogen) atoms. The van der Waals surface area contributed by atoms with Gasteiger partial charge in [-0.2, -0.15) is 0 Å². The van der Waals surface area contributed by atoms with Crippen LogP contribution in [0.4, 0.5) is 0 Å². The van der Waals surface area contributed by atoms with Crippen LogP contribution in [-0.4, -0.2) is 7.48 Å². The Morgan fingerprint density at radius 1 is 1.38 bits per heavy atom. The van der Waals surface area contributed by atoms with Crippen LogP contribution in [0.25, 0.3) is 0 Å². The van der Waals surface area contributed by atoms with Crippen LogP contribution < -0.4 is 0 Å². The van der Waals surface area contributed by atoms with E-state index in [1.165, 1.54) is 12.8 Å². The second-order valence-corrected chi connectivity index (χ2v) is 2.91. The van der Waals surface area contributed by atoms with E-state index < -0.39 is 0 Å². The topological polar surface area (TPSA) is 9.23 Å². The van der Waals surface area contributed by atoms with Crippen molar-refractivity contribution in [1.82, 2.24) is 0 Å². The fraction of sp³-hybridized carbons (Fsp3) is 0.636. The third-order valence-corrected chi connectivity index (χ3v) is 1.67. The fourth-order valence-electron chi connectivity index (χ4n) is 1.01. The molecule has 0 heterocycles. The van der Waals surface area contributed by atoms with E-state index >= 15 is 0 Å². The summed E-state index contributed by atoms with van der Waals surface area (Å²) in [7, 11) is 1.71. The molecule has 0 unspecified atom stereocenters. The van der Waals surface area contributed by atoms with Crippen molar-refractivity contribution in [3.8, 4) is 0 Å². The van der Waals surface area contributed by atoms with E-state index in [1.807, 2.05) is 6.82 Å². The molecule has 0 aromatic heterocycles. The van der Waals surface area contributed by atoms with Gasteiger partial charge in [0.05, 0.1) is 5.76 Å². The van der Waals surface area contributed by atoms with Crippen LogP contribution in [0.1, 0.15) is 39.5 Å². The number of allylic oxidation sites excluding steroid dienone is 3. The SMILES string of the molecule is C[B]OC(=C\CC)/C=C/CCCC. The summed E-state index contributed by atoms with van der Waals surface area (Å²) in [6.45, 7) is 6.20. The Hall–Kier alpha value is -0.655. The highest BCUT2D eigenvalue weighted by Crippen LogP contribution is 2.03. The number of unbranched alkanes of at least 4 members (excludes halogenated alkanes) is 2. The first-order valence-electron chi connectivity index (χ1n) is 5.16. The van der Waals surface area contributed by atoms with Crippen molar-refractivity contribution >= 4 is 7.48 Å². The number of hydrogen-bond donors (Lipinski definition) is 0. The molecule has 73 valence electrons. The van der Waals surface area contributed by atoms with Crippen molar-refractivity contribution in [3.63, 3.8) is 0 Å². The van der Waals surface area contributed by atoms with Gasteiger partial charge in [0.2, 0.25) is 0 Å². The molecule has 0 atom stereocenters. The Morgan fingerprint density at radius 2 is 2.15 bits per heavy atom. The van der Waals surface area contributed by atoms with Crippen molar-refractivity contribution in [2.24, 2.45) is 0 Å². The van der Waals surface area contributed by atoms with E-state index in [4.69, 9.17) is 4.65 Å². The molecular weight excluding hydrogens is 159 g/mol. The van der Waals surface area contributed by atoms with Crippen LogP contribution >= 0.6 is 0 Å². The average molecular weight is 179 g/mol. The summed E-state index contributed by atoms with van der Waals surface area (Å²) in [5, 5.41) is 0. The summed E-state index contributed by atoms with van der Waals surface area (Å²) in [5.41, 5.74) is 0. The molecule has 0 aliphatic rings. The van der Waals surface area contributed by atoms with E-state index in [2.05, 4.69) is 32.1 Å². The van der Waals surface area contributed by atoms with Gasteiger partial charge in [-0.05, 0) is 25.0 Å². The molecule has 2 heteroatoms. The van der Waals surface area contributed by atoms with E-state index in [0.717, 1.165) is 18.6 Å². The molecule has 0 aromatic rings. The van der Waals surface area contributed by atoms with Crippen molar-refractivity contribution in [2.45, 2.75) is 46.4 Å². The number of hydrogen-bond acceptors (Lipinski definition) is 1. The standard InChI is InChI=1S/C11H20BO/c1-4-6-7-8-10-11(9-5-2)13-12-3/h8-10H,4-7H2,1-3H3/b10-8+,11-9-. The van der Waals surface area contributed by atoms with Gasteiger partial charge in [0, 0.05) is 0 Å². The summed E-state index contributed by atoms with van der Waals surface area (Å²) >= 11 is 0. The zero-order chi connectivity index (χ0) is 9.94. The first kappa shape index (κ1) is 12.3. The second-order valence-electron chi connectivity index (χ2n) is 2.91. The van der Waals surface area contributed by atoms with Gasteiger partial charge in [0.1, 0.15) is 0 Å². The number of rotatable bonds is 7. The minimum atomic E-state index is 0.959. The third-order valence-electron chi connectivity index (χ3n) is 1.67. The molecule has 0 spiro atoms. The first-order valence-corrected chi connectivity index (χ1v) is 5.16. The molecule has 0 rings (SSSR count). The summed E-state index contributed by atoms with van der Waals surface area (Å²) in [4.78, 5) is 0. The lowest BCUT2D eigenvalue weighted by molar-refractivity contribution is 0.474. The highest BCUT2D eigenvalue weighted by Gasteiger charge is 1.89. The van der Waals surface area contributed by atoms with Crippen molar-refractivity contribution < 1.29 is 4.65 Å². The van der Waals surface area contributed by atoms with Crippen LogP contribution in [0, 0.1) is 0 Å². The zero-order valence-electron chi connectivity index (χ0n) is 9.05. The maximum atomic E-state index is 5.31. The summed E-state index contributed by atoms with van der Waals surface area (Å²) in [5.74, 6) is 0.959. The normalized spacial score (nSPS) is 12.1. The van der Waals surface area contributed by atoms with Gasteiger partial charge in [-0.3, -0.25) is 0 Å². The minimum absolute atomic E-state index is 0.959. The molecule has 0 aromatic carbocycles. The van der Waals surface area contributed by atoms with Crippen LogP contribution in [0.3, 0.4) is 0 Å². The third kappa shape index (κ3) is 7.70. The van der Waals surface area contributed by atoms with Gasteiger partial charge in [-0.15, -0.1) is 0 Å². The molecule has 0 saturated carbocycles. The summed E-state index contributed by atoms with van der Waals surface area (Å²) in [6.07, 6.45) is 11.0. The first-order chi connectivity index (χ1) is 6.35. The maximum Gasteiger partial charge on any atom is 0.366 e. The lowest BCUT2D eigenvalue weighted by atomic mass is 10.1. The average Bonchev–Trinajstić information content (AvgIpc) is 2.13. The van der Waals surface area contributed by atoms with Gasteiger partial charge in [-0.1, -0.05) is 39.6 Å². The van der Waals surface area contributed by atoms with Gasteiger partial charge >= 0.3 is 7.48 Å². The van der Waals surface area contributed by atoms with Crippen molar-refractivity contribution in [2.75, 3.05) is 0 Å². The predicted octanol–water partition coefficient (Wildman–Crippen LogP) is 3.71. The highest BCUT2D eigenvalue weighted by atomic mass is 16.4. The lowest BCUT2D eigenvalue weighted by Gasteiger charge is -2.02. The van der Waals surface area contributed by atoms with Gasteiger partial charge < -0.3 is 4.65 Å². The van der Waals surface area contributed by atoms with Crippen molar-refractivity contribution in [1.29, 1.82) is 0 Å². The smallest absolute Gasteiger partial charge is 0.366 e. The molecule has 0 amide bonds. The monoisotopic (exact) mass is 179 g/mol. The molecule has 0 aliphatic carbocycles. The molecule has 0 saturated heterocycles. The highest BCUT2D eigenvalue weighted by molar-refractivity contribution is 6.25. The Balaban J connectivity index is 3.79. The van der Waals surface area contributed by atoms with Crippen LogP contribution in [0.5, 0.6) is 0 Å². The maximum absolute atomic E-state index is 5.31. The zero-order valence-corrected chi connectivity index (χ0v) is 9.05. The summed E-state index contributed by atoms with van der Waals surface area (Å²) in [6, 6.07) is 0. The van der Waals surface area contributed by atoms with E-state index in [1.54, 1.807) is 7.48 Å². The van der Waals surface area contributed by atoms with Crippen LogP contribution in [0.15, 0.2) is 24.0 Å². The summed E-state index contributed by atoms with van der Waals surface area (Å²) < 4.78 is 5.31. The van der Waals surface area contributed by atoms with Gasteiger partial charge in [-0.25, -0.2) is 0 Å². The van der Waals surface area contributed by atoms with Crippen molar-refractivity contribution in [3.05, 3.63) is 24.0 Å². The predicted molar refractivity (Wildman–Crippen MR) is 59.7 cm³/mol. The fourth-order valence-corrected chi connectivity index (χ4v) is 1.01. The minimum Gasteiger partial charge on any atom is -0.564 e.